The van der Waals surface area contributed by atoms with Gasteiger partial charge in [0.2, 0.25) is 0 Å². The van der Waals surface area contributed by atoms with Gasteiger partial charge in [0.1, 0.15) is 16.4 Å². The predicted octanol–water partition coefficient (Wildman–Crippen LogP) is 3.48. The molecule has 0 atom stereocenters. The third-order valence-electron chi connectivity index (χ3n) is 6.40. The fourth-order valence-electron chi connectivity index (χ4n) is 4.38. The lowest BCUT2D eigenvalue weighted by molar-refractivity contribution is 0.0532. The van der Waals surface area contributed by atoms with Crippen LogP contribution in [0.3, 0.4) is 0 Å². The highest BCUT2D eigenvalue weighted by Gasteiger charge is 2.27. The Hall–Kier alpha value is -4.38. The van der Waals surface area contributed by atoms with E-state index in [0.29, 0.717) is 53.9 Å². The second-order valence-electron chi connectivity index (χ2n) is 8.91. The number of benzene rings is 2. The summed E-state index contributed by atoms with van der Waals surface area (Å²) in [7, 11) is -3.93. The largest absolute Gasteiger partial charge is 0.335 e. The molecular formula is C27H24FN5O4S. The Bertz CT molecular complexity index is 1650. The average Bonchev–Trinajstić information content (AvgIpc) is 2.93. The fraction of sp³-hybridized carbons (Fsp3) is 0.185. The van der Waals surface area contributed by atoms with Gasteiger partial charge < -0.3 is 9.80 Å². The molecule has 0 saturated carbocycles. The number of hydrogen-bond acceptors (Lipinski definition) is 6. The molecule has 0 radical (unpaired) electrons. The highest BCUT2D eigenvalue weighted by molar-refractivity contribution is 7.93. The van der Waals surface area contributed by atoms with E-state index in [9.17, 15) is 22.4 Å². The van der Waals surface area contributed by atoms with Crippen LogP contribution in [0.4, 0.5) is 10.1 Å². The van der Waals surface area contributed by atoms with Gasteiger partial charge in [-0.05, 0) is 48.9 Å². The Morgan fingerprint density at radius 2 is 1.58 bits per heavy atom. The van der Waals surface area contributed by atoms with Crippen LogP contribution in [0.5, 0.6) is 0 Å². The predicted molar refractivity (Wildman–Crippen MR) is 140 cm³/mol. The normalized spacial score (nSPS) is 13.9. The van der Waals surface area contributed by atoms with Crippen molar-refractivity contribution in [3.8, 4) is 0 Å². The van der Waals surface area contributed by atoms with Crippen molar-refractivity contribution in [2.75, 3.05) is 30.9 Å². The lowest BCUT2D eigenvalue weighted by Crippen LogP contribution is -2.50. The van der Waals surface area contributed by atoms with Gasteiger partial charge in [-0.3, -0.25) is 24.3 Å². The summed E-state index contributed by atoms with van der Waals surface area (Å²) in [6.07, 6.45) is 2.79. The molecule has 5 rings (SSSR count). The number of sulfonamides is 1. The standard InChI is InChI=1S/C27H24FN5O4S/c1-18-16-20(26(34)32-12-14-33(15-13-32)27(35)23-17-21(28)9-11-29-23)7-8-22(18)31-38(36,37)24-6-2-4-19-5-3-10-30-25(19)24/h2-11,16-17,31H,12-15H2,1H3. The fourth-order valence-corrected chi connectivity index (χ4v) is 5.69. The second kappa shape index (κ2) is 10.2. The van der Waals surface area contributed by atoms with Crippen molar-refractivity contribution in [2.45, 2.75) is 11.8 Å². The van der Waals surface area contributed by atoms with Gasteiger partial charge in [-0.1, -0.05) is 18.2 Å². The maximum absolute atomic E-state index is 13.4. The third-order valence-corrected chi connectivity index (χ3v) is 7.80. The number of hydrogen-bond donors (Lipinski definition) is 1. The van der Waals surface area contributed by atoms with E-state index in [4.69, 9.17) is 0 Å². The zero-order valence-electron chi connectivity index (χ0n) is 20.5. The van der Waals surface area contributed by atoms with Gasteiger partial charge in [0.15, 0.2) is 0 Å². The first-order valence-corrected chi connectivity index (χ1v) is 13.4. The summed E-state index contributed by atoms with van der Waals surface area (Å²) in [6, 6.07) is 15.5. The number of piperazine rings is 1. The summed E-state index contributed by atoms with van der Waals surface area (Å²) in [5.74, 6) is -1.14. The number of amides is 2. The third kappa shape index (κ3) is 5.05. The Labute approximate surface area is 219 Å². The molecule has 4 aromatic rings. The Kier molecular flexibility index (Phi) is 6.77. The van der Waals surface area contributed by atoms with Crippen LogP contribution in [0.2, 0.25) is 0 Å². The van der Waals surface area contributed by atoms with Crippen LogP contribution < -0.4 is 4.72 Å². The maximum atomic E-state index is 13.4. The first-order chi connectivity index (χ1) is 18.2. The van der Waals surface area contributed by atoms with E-state index in [2.05, 4.69) is 14.7 Å². The number of nitrogens with one attached hydrogen (secondary N) is 1. The molecule has 1 aliphatic rings. The minimum absolute atomic E-state index is 0.0257. The van der Waals surface area contributed by atoms with E-state index in [-0.39, 0.29) is 22.4 Å². The van der Waals surface area contributed by atoms with Gasteiger partial charge in [0.05, 0.1) is 11.2 Å². The Morgan fingerprint density at radius 1 is 0.868 bits per heavy atom. The molecule has 1 N–H and O–H groups in total. The number of pyridine rings is 2. The lowest BCUT2D eigenvalue weighted by atomic mass is 10.1. The van der Waals surface area contributed by atoms with E-state index in [1.54, 1.807) is 60.5 Å². The van der Waals surface area contributed by atoms with Crippen molar-refractivity contribution in [2.24, 2.45) is 0 Å². The smallest absolute Gasteiger partial charge is 0.272 e. The van der Waals surface area contributed by atoms with Gasteiger partial charge in [-0.2, -0.15) is 0 Å². The molecule has 11 heteroatoms. The Morgan fingerprint density at radius 3 is 2.29 bits per heavy atom. The van der Waals surface area contributed by atoms with Crippen molar-refractivity contribution in [3.63, 3.8) is 0 Å². The highest BCUT2D eigenvalue weighted by atomic mass is 32.2. The summed E-state index contributed by atoms with van der Waals surface area (Å²) < 4.78 is 42.4. The van der Waals surface area contributed by atoms with Gasteiger partial charge in [0, 0.05) is 55.6 Å². The van der Waals surface area contributed by atoms with Crippen LogP contribution in [0.15, 0.2) is 78.0 Å². The number of halogens is 1. The SMILES string of the molecule is Cc1cc(C(=O)N2CCN(C(=O)c3cc(F)ccn3)CC2)ccc1NS(=O)(=O)c1cccc2cccnc12. The molecule has 0 aliphatic carbocycles. The van der Waals surface area contributed by atoms with Crippen LogP contribution in [0, 0.1) is 12.7 Å². The minimum Gasteiger partial charge on any atom is -0.335 e. The maximum Gasteiger partial charge on any atom is 0.272 e. The van der Waals surface area contributed by atoms with Gasteiger partial charge in [-0.25, -0.2) is 12.8 Å². The molecule has 1 fully saturated rings. The van der Waals surface area contributed by atoms with Gasteiger partial charge in [0.25, 0.3) is 21.8 Å². The highest BCUT2D eigenvalue weighted by Crippen LogP contribution is 2.26. The molecule has 194 valence electrons. The molecule has 1 saturated heterocycles. The van der Waals surface area contributed by atoms with E-state index in [1.165, 1.54) is 23.2 Å². The first kappa shape index (κ1) is 25.3. The zero-order valence-corrected chi connectivity index (χ0v) is 21.3. The number of aromatic nitrogens is 2. The van der Waals surface area contributed by atoms with Gasteiger partial charge in [-0.15, -0.1) is 0 Å². The number of carbonyl (C=O) groups excluding carboxylic acids is 2. The van der Waals surface area contributed by atoms with Gasteiger partial charge >= 0.3 is 0 Å². The number of fused-ring (bicyclic) bond motifs is 1. The monoisotopic (exact) mass is 533 g/mol. The molecule has 0 unspecified atom stereocenters. The molecule has 1 aliphatic heterocycles. The summed E-state index contributed by atoms with van der Waals surface area (Å²) in [4.78, 5) is 37.1. The molecule has 9 nitrogen and oxygen atoms in total. The van der Waals surface area contributed by atoms with E-state index >= 15 is 0 Å². The molecule has 2 amide bonds. The van der Waals surface area contributed by atoms with Crippen LogP contribution in [-0.4, -0.2) is 66.2 Å². The molecule has 2 aromatic heterocycles. The zero-order chi connectivity index (χ0) is 26.9. The molecule has 0 bridgehead atoms. The molecular weight excluding hydrogens is 509 g/mol. The van der Waals surface area contributed by atoms with Crippen molar-refractivity contribution in [1.82, 2.24) is 19.8 Å². The van der Waals surface area contributed by atoms with Crippen molar-refractivity contribution in [1.29, 1.82) is 0 Å². The van der Waals surface area contributed by atoms with Crippen molar-refractivity contribution in [3.05, 3.63) is 95.7 Å². The van der Waals surface area contributed by atoms with Crippen LogP contribution in [0.25, 0.3) is 10.9 Å². The van der Waals surface area contributed by atoms with E-state index in [0.717, 1.165) is 6.07 Å². The topological polar surface area (TPSA) is 113 Å². The number of carbonyl (C=O) groups is 2. The number of para-hydroxylation sites is 1. The average molecular weight is 534 g/mol. The second-order valence-corrected chi connectivity index (χ2v) is 10.6. The number of aryl methyl sites for hydroxylation is 1. The number of rotatable bonds is 5. The summed E-state index contributed by atoms with van der Waals surface area (Å²) in [5.41, 5.74) is 1.74. The molecule has 0 spiro atoms. The summed E-state index contributed by atoms with van der Waals surface area (Å²) in [5, 5.41) is 0.710. The first-order valence-electron chi connectivity index (χ1n) is 11.9. The minimum atomic E-state index is -3.93. The molecule has 38 heavy (non-hydrogen) atoms. The summed E-state index contributed by atoms with van der Waals surface area (Å²) in [6.45, 7) is 2.92. The molecule has 2 aromatic carbocycles. The van der Waals surface area contributed by atoms with Crippen LogP contribution in [0.1, 0.15) is 26.4 Å². The molecule has 3 heterocycles. The summed E-state index contributed by atoms with van der Waals surface area (Å²) >= 11 is 0. The Balaban J connectivity index is 1.27. The van der Waals surface area contributed by atoms with Crippen molar-refractivity contribution >= 4 is 38.4 Å². The van der Waals surface area contributed by atoms with Crippen LogP contribution >= 0.6 is 0 Å². The lowest BCUT2D eigenvalue weighted by Gasteiger charge is -2.34. The van der Waals surface area contributed by atoms with E-state index in [1.807, 2.05) is 0 Å². The quantitative estimate of drug-likeness (QED) is 0.420. The number of anilines is 1. The van der Waals surface area contributed by atoms with Crippen molar-refractivity contribution < 1.29 is 22.4 Å². The van der Waals surface area contributed by atoms with Crippen LogP contribution in [-0.2, 0) is 10.0 Å². The number of nitrogens with zero attached hydrogens (tertiary/aromatic N) is 4. The van der Waals surface area contributed by atoms with E-state index < -0.39 is 15.8 Å².